The van der Waals surface area contributed by atoms with Crippen molar-refractivity contribution >= 4 is 15.9 Å². The van der Waals surface area contributed by atoms with Crippen molar-refractivity contribution in [3.8, 4) is 0 Å². The highest BCUT2D eigenvalue weighted by Crippen LogP contribution is 2.25. The van der Waals surface area contributed by atoms with Crippen LogP contribution in [0.4, 0.5) is 0 Å². The second kappa shape index (κ2) is 3.97. The predicted molar refractivity (Wildman–Crippen MR) is 56.6 cm³/mol. The predicted octanol–water partition coefficient (Wildman–Crippen LogP) is 3.47. The van der Waals surface area contributed by atoms with Gasteiger partial charge in [-0.1, -0.05) is 28.1 Å². The Morgan fingerprint density at radius 3 is 2.62 bits per heavy atom. The van der Waals surface area contributed by atoms with Crippen LogP contribution in [0.15, 0.2) is 41.1 Å². The average Bonchev–Trinajstić information content (AvgIpc) is 2.20. The molecule has 0 saturated carbocycles. The van der Waals surface area contributed by atoms with Crippen LogP contribution in [0.5, 0.6) is 0 Å². The summed E-state index contributed by atoms with van der Waals surface area (Å²) >= 11 is 3.43. The molecule has 0 aliphatic carbocycles. The topological polar surface area (TPSA) is 9.23 Å². The summed E-state index contributed by atoms with van der Waals surface area (Å²) in [6, 6.07) is 8.48. The molecule has 2 rings (SSSR count). The van der Waals surface area contributed by atoms with Gasteiger partial charge in [-0.25, -0.2) is 0 Å². The first-order valence-corrected chi connectivity index (χ1v) is 5.19. The monoisotopic (exact) mass is 238 g/mol. The third-order valence-electron chi connectivity index (χ3n) is 2.25. The third-order valence-corrected chi connectivity index (χ3v) is 2.78. The van der Waals surface area contributed by atoms with E-state index in [1.807, 2.05) is 0 Å². The van der Waals surface area contributed by atoms with Gasteiger partial charge in [-0.15, -0.1) is 0 Å². The van der Waals surface area contributed by atoms with Crippen molar-refractivity contribution in [1.82, 2.24) is 0 Å². The number of hydrogen-bond acceptors (Lipinski definition) is 1. The Bertz CT molecular complexity index is 302. The molecule has 0 radical (unpaired) electrons. The minimum Gasteiger partial charge on any atom is -0.501 e. The Morgan fingerprint density at radius 1 is 1.23 bits per heavy atom. The van der Waals surface area contributed by atoms with E-state index < -0.39 is 0 Å². The number of halogens is 1. The zero-order valence-electron chi connectivity index (χ0n) is 7.24. The van der Waals surface area contributed by atoms with Crippen molar-refractivity contribution in [2.45, 2.75) is 12.3 Å². The van der Waals surface area contributed by atoms with Gasteiger partial charge in [0.05, 0.1) is 12.9 Å². The fraction of sp³-hybridized carbons (Fsp3) is 0.273. The van der Waals surface area contributed by atoms with E-state index in [1.165, 1.54) is 5.56 Å². The second-order valence-corrected chi connectivity index (χ2v) is 4.06. The van der Waals surface area contributed by atoms with E-state index in [4.69, 9.17) is 4.74 Å². The van der Waals surface area contributed by atoms with Crippen molar-refractivity contribution in [1.29, 1.82) is 0 Å². The molecule has 0 amide bonds. The Labute approximate surface area is 86.5 Å². The Morgan fingerprint density at radius 2 is 2.00 bits per heavy atom. The molecule has 1 heterocycles. The number of benzene rings is 1. The van der Waals surface area contributed by atoms with E-state index in [9.17, 15) is 0 Å². The van der Waals surface area contributed by atoms with Crippen molar-refractivity contribution in [3.63, 3.8) is 0 Å². The van der Waals surface area contributed by atoms with E-state index >= 15 is 0 Å². The molecule has 0 aromatic heterocycles. The van der Waals surface area contributed by atoms with Gasteiger partial charge in [0, 0.05) is 10.4 Å². The van der Waals surface area contributed by atoms with E-state index in [-0.39, 0.29) is 0 Å². The number of hydrogen-bond donors (Lipinski definition) is 0. The maximum absolute atomic E-state index is 5.16. The van der Waals surface area contributed by atoms with Gasteiger partial charge in [-0.3, -0.25) is 0 Å². The summed E-state index contributed by atoms with van der Waals surface area (Å²) in [5.41, 5.74) is 1.36. The minimum absolute atomic E-state index is 0.529. The largest absolute Gasteiger partial charge is 0.501 e. The van der Waals surface area contributed by atoms with Crippen molar-refractivity contribution in [2.24, 2.45) is 0 Å². The highest BCUT2D eigenvalue weighted by atomic mass is 79.9. The maximum atomic E-state index is 5.16. The van der Waals surface area contributed by atoms with Crippen LogP contribution in [-0.4, -0.2) is 6.61 Å². The number of rotatable bonds is 1. The zero-order valence-corrected chi connectivity index (χ0v) is 8.83. The molecule has 0 bridgehead atoms. The first kappa shape index (κ1) is 8.82. The van der Waals surface area contributed by atoms with Crippen LogP contribution in [0.25, 0.3) is 0 Å². The fourth-order valence-electron chi connectivity index (χ4n) is 1.50. The smallest absolute Gasteiger partial charge is 0.0882 e. The Hall–Kier alpha value is -0.760. The van der Waals surface area contributed by atoms with Crippen molar-refractivity contribution in [2.75, 3.05) is 6.61 Å². The lowest BCUT2D eigenvalue weighted by molar-refractivity contribution is 0.223. The Balaban J connectivity index is 2.19. The highest BCUT2D eigenvalue weighted by Gasteiger charge is 2.10. The minimum atomic E-state index is 0.529. The second-order valence-electron chi connectivity index (χ2n) is 3.15. The first-order valence-electron chi connectivity index (χ1n) is 4.40. The molecular weight excluding hydrogens is 228 g/mol. The summed E-state index contributed by atoms with van der Waals surface area (Å²) in [7, 11) is 0. The number of allylic oxidation sites excluding steroid dienone is 1. The molecule has 1 aliphatic rings. The summed E-state index contributed by atoms with van der Waals surface area (Å²) in [5, 5.41) is 0. The standard InChI is InChI=1S/C11H11BrO/c12-11-3-1-9(2-4-11)10-5-7-13-8-6-10/h1-5,7,10H,6,8H2. The first-order chi connectivity index (χ1) is 6.36. The molecule has 2 heteroatoms. The van der Waals surface area contributed by atoms with E-state index in [0.29, 0.717) is 5.92 Å². The molecule has 13 heavy (non-hydrogen) atoms. The molecule has 0 N–H and O–H groups in total. The van der Waals surface area contributed by atoms with Crippen LogP contribution in [0.3, 0.4) is 0 Å². The van der Waals surface area contributed by atoms with Crippen LogP contribution < -0.4 is 0 Å². The van der Waals surface area contributed by atoms with Gasteiger partial charge in [0.2, 0.25) is 0 Å². The maximum Gasteiger partial charge on any atom is 0.0882 e. The van der Waals surface area contributed by atoms with Gasteiger partial charge in [-0.05, 0) is 30.2 Å². The molecule has 1 nitrogen and oxygen atoms in total. The molecule has 1 atom stereocenters. The summed E-state index contributed by atoms with van der Waals surface area (Å²) in [6.07, 6.45) is 5.00. The molecule has 1 aromatic rings. The van der Waals surface area contributed by atoms with Gasteiger partial charge in [-0.2, -0.15) is 0 Å². The molecule has 1 aromatic carbocycles. The van der Waals surface area contributed by atoms with Crippen molar-refractivity contribution in [3.05, 3.63) is 46.6 Å². The van der Waals surface area contributed by atoms with Gasteiger partial charge in [0.25, 0.3) is 0 Å². The zero-order chi connectivity index (χ0) is 9.10. The van der Waals surface area contributed by atoms with E-state index in [2.05, 4.69) is 46.3 Å². The quantitative estimate of drug-likeness (QED) is 0.729. The highest BCUT2D eigenvalue weighted by molar-refractivity contribution is 9.10. The molecule has 1 unspecified atom stereocenters. The van der Waals surface area contributed by atoms with E-state index in [0.717, 1.165) is 17.5 Å². The lowest BCUT2D eigenvalue weighted by Gasteiger charge is -2.17. The van der Waals surface area contributed by atoms with Crippen molar-refractivity contribution < 1.29 is 4.74 Å². The van der Waals surface area contributed by atoms with Crippen LogP contribution >= 0.6 is 15.9 Å². The third kappa shape index (κ3) is 2.13. The fourth-order valence-corrected chi connectivity index (χ4v) is 1.76. The summed E-state index contributed by atoms with van der Waals surface area (Å²) in [4.78, 5) is 0. The van der Waals surface area contributed by atoms with Crippen LogP contribution in [0, 0.1) is 0 Å². The van der Waals surface area contributed by atoms with Gasteiger partial charge < -0.3 is 4.74 Å². The Kier molecular flexibility index (Phi) is 2.69. The summed E-state index contributed by atoms with van der Waals surface area (Å²) in [5.74, 6) is 0.529. The molecular formula is C11H11BrO. The van der Waals surface area contributed by atoms with Crippen LogP contribution in [0.2, 0.25) is 0 Å². The average molecular weight is 239 g/mol. The van der Waals surface area contributed by atoms with Crippen LogP contribution in [0.1, 0.15) is 17.9 Å². The molecule has 68 valence electrons. The SMILES string of the molecule is Brc1ccc(C2C=COCC2)cc1. The van der Waals surface area contributed by atoms with Gasteiger partial charge in [0.1, 0.15) is 0 Å². The van der Waals surface area contributed by atoms with E-state index in [1.54, 1.807) is 6.26 Å². The molecule has 0 fully saturated rings. The van der Waals surface area contributed by atoms with Gasteiger partial charge >= 0.3 is 0 Å². The summed E-state index contributed by atoms with van der Waals surface area (Å²) < 4.78 is 6.29. The molecule has 1 aliphatic heterocycles. The van der Waals surface area contributed by atoms with Crippen LogP contribution in [-0.2, 0) is 4.74 Å². The molecule has 0 saturated heterocycles. The lowest BCUT2D eigenvalue weighted by Crippen LogP contribution is -2.04. The lowest BCUT2D eigenvalue weighted by atomic mass is 9.95. The molecule has 0 spiro atoms. The number of ether oxygens (including phenoxy) is 1. The van der Waals surface area contributed by atoms with Gasteiger partial charge in [0.15, 0.2) is 0 Å². The normalized spacial score (nSPS) is 21.2. The summed E-state index contributed by atoms with van der Waals surface area (Å²) in [6.45, 7) is 0.831.